The highest BCUT2D eigenvalue weighted by Crippen LogP contribution is 2.42. The van der Waals surface area contributed by atoms with Gasteiger partial charge in [0.15, 0.2) is 0 Å². The molecule has 0 unspecified atom stereocenters. The largest absolute Gasteiger partial charge is 0.300 e. The summed E-state index contributed by atoms with van der Waals surface area (Å²) in [4.78, 5) is 5.47. The molecule has 0 atom stereocenters. The van der Waals surface area contributed by atoms with Crippen molar-refractivity contribution in [2.45, 2.75) is 70.9 Å². The van der Waals surface area contributed by atoms with Crippen LogP contribution in [-0.2, 0) is 0 Å². The van der Waals surface area contributed by atoms with Gasteiger partial charge in [0.25, 0.3) is 0 Å². The maximum atomic E-state index is 3.00. The molecule has 116 valence electrons. The van der Waals surface area contributed by atoms with Crippen molar-refractivity contribution in [2.75, 3.05) is 26.2 Å². The highest BCUT2D eigenvalue weighted by molar-refractivity contribution is 4.99. The van der Waals surface area contributed by atoms with Crippen LogP contribution in [0.1, 0.15) is 58.8 Å². The van der Waals surface area contributed by atoms with Crippen molar-refractivity contribution in [3.8, 4) is 0 Å². The van der Waals surface area contributed by atoms with Crippen molar-refractivity contribution in [3.05, 3.63) is 13.2 Å². The number of piperidine rings is 1. The maximum absolute atomic E-state index is 3.00. The summed E-state index contributed by atoms with van der Waals surface area (Å²) >= 11 is 0. The second-order valence-corrected chi connectivity index (χ2v) is 7.33. The van der Waals surface area contributed by atoms with Crippen LogP contribution in [0, 0.1) is 5.41 Å². The van der Waals surface area contributed by atoms with Crippen molar-refractivity contribution >= 4 is 0 Å². The average Bonchev–Trinajstić information content (AvgIpc) is 2.48. The van der Waals surface area contributed by atoms with E-state index in [1.807, 2.05) is 0 Å². The molecule has 2 heterocycles. The molecule has 0 radical (unpaired) electrons. The van der Waals surface area contributed by atoms with Crippen LogP contribution in [-0.4, -0.2) is 48.1 Å². The Bertz CT molecular complexity index is 278. The highest BCUT2D eigenvalue weighted by Gasteiger charge is 2.45. The van der Waals surface area contributed by atoms with E-state index in [2.05, 4.69) is 36.8 Å². The van der Waals surface area contributed by atoms with E-state index in [1.165, 1.54) is 71.1 Å². The maximum Gasteiger partial charge on any atom is 0.00952 e. The van der Waals surface area contributed by atoms with Crippen molar-refractivity contribution in [1.82, 2.24) is 9.80 Å². The van der Waals surface area contributed by atoms with Gasteiger partial charge in [-0.2, -0.15) is 0 Å². The van der Waals surface area contributed by atoms with Crippen LogP contribution in [0.3, 0.4) is 0 Å². The highest BCUT2D eigenvalue weighted by atomic mass is 15.2. The number of nitrogens with zero attached hydrogens (tertiary/aromatic N) is 2. The summed E-state index contributed by atoms with van der Waals surface area (Å²) in [5.74, 6) is 0. The summed E-state index contributed by atoms with van der Waals surface area (Å²) in [6, 6.07) is 1.70. The smallest absolute Gasteiger partial charge is 0.00952 e. The Balaban J connectivity index is 0.000000704. The molecule has 1 spiro atoms. The van der Waals surface area contributed by atoms with Crippen LogP contribution < -0.4 is 0 Å². The van der Waals surface area contributed by atoms with Crippen LogP contribution in [0.15, 0.2) is 13.2 Å². The zero-order valence-corrected chi connectivity index (χ0v) is 13.7. The zero-order valence-electron chi connectivity index (χ0n) is 13.7. The second-order valence-electron chi connectivity index (χ2n) is 7.33. The molecule has 2 saturated heterocycles. The Labute approximate surface area is 126 Å². The van der Waals surface area contributed by atoms with Crippen LogP contribution >= 0.6 is 0 Å². The van der Waals surface area contributed by atoms with E-state index >= 15 is 0 Å². The lowest BCUT2D eigenvalue weighted by molar-refractivity contribution is -0.0702. The Hall–Kier alpha value is -0.340. The summed E-state index contributed by atoms with van der Waals surface area (Å²) in [6.45, 7) is 16.2. The Kier molecular flexibility index (Phi) is 5.68. The van der Waals surface area contributed by atoms with Gasteiger partial charge in [-0.25, -0.2) is 0 Å². The fraction of sp³-hybridized carbons (Fsp3) is 0.889. The third-order valence-electron chi connectivity index (χ3n) is 5.76. The van der Waals surface area contributed by atoms with Crippen molar-refractivity contribution in [2.24, 2.45) is 5.41 Å². The van der Waals surface area contributed by atoms with Crippen molar-refractivity contribution in [3.63, 3.8) is 0 Å². The third kappa shape index (κ3) is 3.46. The predicted octanol–water partition coefficient (Wildman–Crippen LogP) is 3.93. The molecule has 0 bridgehead atoms. The lowest BCUT2D eigenvalue weighted by atomic mass is 9.71. The van der Waals surface area contributed by atoms with E-state index in [4.69, 9.17) is 0 Å². The first-order chi connectivity index (χ1) is 9.69. The SMILES string of the molecule is C=C.CC(C)N1CC2(CCN(C3CCCCC3)CC2)C1. The summed E-state index contributed by atoms with van der Waals surface area (Å²) < 4.78 is 0. The minimum Gasteiger partial charge on any atom is -0.300 e. The summed E-state index contributed by atoms with van der Waals surface area (Å²) in [5, 5.41) is 0. The predicted molar refractivity (Wildman–Crippen MR) is 88.1 cm³/mol. The van der Waals surface area contributed by atoms with Gasteiger partial charge in [0.1, 0.15) is 0 Å². The molecule has 0 aromatic carbocycles. The summed E-state index contributed by atoms with van der Waals surface area (Å²) in [6.07, 6.45) is 10.3. The molecular formula is C18H34N2. The van der Waals surface area contributed by atoms with Crippen molar-refractivity contribution < 1.29 is 0 Å². The molecule has 1 aliphatic carbocycles. The molecule has 3 aliphatic rings. The molecule has 2 aliphatic heterocycles. The molecule has 0 N–H and O–H groups in total. The van der Waals surface area contributed by atoms with Gasteiger partial charge in [-0.15, -0.1) is 13.2 Å². The fourth-order valence-electron chi connectivity index (χ4n) is 4.31. The van der Waals surface area contributed by atoms with Gasteiger partial charge in [-0.1, -0.05) is 19.3 Å². The molecular weight excluding hydrogens is 244 g/mol. The van der Waals surface area contributed by atoms with E-state index in [0.29, 0.717) is 0 Å². The Morgan fingerprint density at radius 1 is 0.950 bits per heavy atom. The molecule has 3 rings (SSSR count). The van der Waals surface area contributed by atoms with Gasteiger partial charge in [-0.05, 0) is 58.0 Å². The molecule has 0 aromatic heterocycles. The van der Waals surface area contributed by atoms with Crippen LogP contribution in [0.4, 0.5) is 0 Å². The molecule has 0 amide bonds. The number of hydrogen-bond donors (Lipinski definition) is 0. The number of likely N-dealkylation sites (tertiary alicyclic amines) is 2. The van der Waals surface area contributed by atoms with Gasteiger partial charge in [0.2, 0.25) is 0 Å². The lowest BCUT2D eigenvalue weighted by Gasteiger charge is -2.56. The van der Waals surface area contributed by atoms with Crippen LogP contribution in [0.2, 0.25) is 0 Å². The van der Waals surface area contributed by atoms with Crippen molar-refractivity contribution in [1.29, 1.82) is 0 Å². The normalized spacial score (nSPS) is 27.9. The first-order valence-corrected chi connectivity index (χ1v) is 8.67. The molecule has 1 saturated carbocycles. The zero-order chi connectivity index (χ0) is 14.6. The van der Waals surface area contributed by atoms with Crippen LogP contribution in [0.25, 0.3) is 0 Å². The number of rotatable bonds is 2. The Morgan fingerprint density at radius 2 is 1.50 bits per heavy atom. The summed E-state index contributed by atoms with van der Waals surface area (Å²) in [5.41, 5.74) is 0.718. The van der Waals surface area contributed by atoms with E-state index in [0.717, 1.165) is 17.5 Å². The Morgan fingerprint density at radius 3 is 2.00 bits per heavy atom. The van der Waals surface area contributed by atoms with E-state index in [1.54, 1.807) is 0 Å². The van der Waals surface area contributed by atoms with Gasteiger partial charge in [0.05, 0.1) is 0 Å². The average molecular weight is 278 g/mol. The van der Waals surface area contributed by atoms with Gasteiger partial charge >= 0.3 is 0 Å². The van der Waals surface area contributed by atoms with E-state index in [9.17, 15) is 0 Å². The lowest BCUT2D eigenvalue weighted by Crippen LogP contribution is -2.62. The minimum absolute atomic E-state index is 0.718. The molecule has 3 fully saturated rings. The quantitative estimate of drug-likeness (QED) is 0.706. The monoisotopic (exact) mass is 278 g/mol. The first-order valence-electron chi connectivity index (χ1n) is 8.67. The number of hydrogen-bond acceptors (Lipinski definition) is 2. The molecule has 2 nitrogen and oxygen atoms in total. The third-order valence-corrected chi connectivity index (χ3v) is 5.76. The van der Waals surface area contributed by atoms with Gasteiger partial charge in [-0.3, -0.25) is 4.90 Å². The second kappa shape index (κ2) is 7.09. The molecule has 2 heteroatoms. The van der Waals surface area contributed by atoms with E-state index in [-0.39, 0.29) is 0 Å². The first kappa shape index (κ1) is 16.0. The molecule has 0 aromatic rings. The standard InChI is InChI=1S/C16H30N2.C2H4/c1-14(2)18-12-16(13-18)8-10-17(11-9-16)15-6-4-3-5-7-15;1-2/h14-15H,3-13H2,1-2H3;1-2H2. The minimum atomic E-state index is 0.718. The van der Waals surface area contributed by atoms with E-state index < -0.39 is 0 Å². The van der Waals surface area contributed by atoms with Gasteiger partial charge in [0, 0.05) is 25.2 Å². The topological polar surface area (TPSA) is 6.48 Å². The molecule has 20 heavy (non-hydrogen) atoms. The van der Waals surface area contributed by atoms with Gasteiger partial charge < -0.3 is 4.90 Å². The fourth-order valence-corrected chi connectivity index (χ4v) is 4.31. The van der Waals surface area contributed by atoms with Crippen LogP contribution in [0.5, 0.6) is 0 Å². The summed E-state index contributed by atoms with van der Waals surface area (Å²) in [7, 11) is 0.